The molecule has 0 saturated heterocycles. The first-order valence-electron chi connectivity index (χ1n) is 5.40. The molecule has 0 aromatic carbocycles. The van der Waals surface area contributed by atoms with Crippen molar-refractivity contribution in [3.63, 3.8) is 0 Å². The summed E-state index contributed by atoms with van der Waals surface area (Å²) in [6, 6.07) is 0. The number of nitrogen functional groups attached to an aromatic ring is 1. The Hall–Kier alpha value is -1.74. The smallest absolute Gasteiger partial charge is 0.215 e. The van der Waals surface area contributed by atoms with Crippen LogP contribution in [0.4, 0.5) is 5.82 Å². The molecule has 8 nitrogen and oxygen atoms in total. The van der Waals surface area contributed by atoms with Gasteiger partial charge in [-0.3, -0.25) is 0 Å². The summed E-state index contributed by atoms with van der Waals surface area (Å²) in [5.41, 5.74) is 3.46. The first-order valence-corrected chi connectivity index (χ1v) is 6.21. The molecular formula is C9H14N8S. The number of aryl methyl sites for hydroxylation is 2. The lowest BCUT2D eigenvalue weighted by molar-refractivity contribution is 0.664. The molecule has 0 atom stereocenters. The Kier molecular flexibility index (Phi) is 3.72. The van der Waals surface area contributed by atoms with Crippen molar-refractivity contribution in [2.24, 2.45) is 12.9 Å². The number of rotatable bonds is 4. The SMILES string of the molecule is CCc1nc(NN)c(C)c(Sc2nnnn2C)n1. The zero-order chi connectivity index (χ0) is 13.1. The first kappa shape index (κ1) is 12.7. The number of nitrogens with two attached hydrogens (primary N) is 1. The molecular weight excluding hydrogens is 252 g/mol. The summed E-state index contributed by atoms with van der Waals surface area (Å²) in [6.07, 6.45) is 0.736. The van der Waals surface area contributed by atoms with E-state index in [2.05, 4.69) is 30.9 Å². The fraction of sp³-hybridized carbons (Fsp3) is 0.444. The number of hydrogen-bond donors (Lipinski definition) is 2. The van der Waals surface area contributed by atoms with Crippen LogP contribution < -0.4 is 11.3 Å². The van der Waals surface area contributed by atoms with Crippen LogP contribution in [-0.2, 0) is 13.5 Å². The van der Waals surface area contributed by atoms with Gasteiger partial charge in [-0.05, 0) is 29.1 Å². The molecule has 0 fully saturated rings. The third-order valence-electron chi connectivity index (χ3n) is 2.37. The zero-order valence-electron chi connectivity index (χ0n) is 10.4. The average molecular weight is 266 g/mol. The molecule has 0 aliphatic rings. The van der Waals surface area contributed by atoms with Gasteiger partial charge in [0.05, 0.1) is 0 Å². The van der Waals surface area contributed by atoms with E-state index in [-0.39, 0.29) is 0 Å². The van der Waals surface area contributed by atoms with Crippen LogP contribution in [0.3, 0.4) is 0 Å². The van der Waals surface area contributed by atoms with Crippen molar-refractivity contribution in [2.75, 3.05) is 5.43 Å². The average Bonchev–Trinajstić information content (AvgIpc) is 2.77. The topological polar surface area (TPSA) is 107 Å². The summed E-state index contributed by atoms with van der Waals surface area (Å²) in [6.45, 7) is 3.89. The van der Waals surface area contributed by atoms with Gasteiger partial charge in [0.2, 0.25) is 5.16 Å². The molecule has 0 aliphatic heterocycles. The van der Waals surface area contributed by atoms with E-state index in [0.717, 1.165) is 22.8 Å². The Morgan fingerprint density at radius 3 is 2.72 bits per heavy atom. The highest BCUT2D eigenvalue weighted by molar-refractivity contribution is 7.99. The van der Waals surface area contributed by atoms with Crippen molar-refractivity contribution in [1.82, 2.24) is 30.2 Å². The van der Waals surface area contributed by atoms with Crippen molar-refractivity contribution >= 4 is 17.6 Å². The molecule has 2 aromatic heterocycles. The van der Waals surface area contributed by atoms with Gasteiger partial charge >= 0.3 is 0 Å². The molecule has 2 heterocycles. The van der Waals surface area contributed by atoms with Gasteiger partial charge in [-0.2, -0.15) is 0 Å². The van der Waals surface area contributed by atoms with Crippen LogP contribution in [0, 0.1) is 6.92 Å². The van der Waals surface area contributed by atoms with Crippen molar-refractivity contribution in [2.45, 2.75) is 30.5 Å². The predicted octanol–water partition coefficient (Wildman–Crippen LogP) is 0.308. The zero-order valence-corrected chi connectivity index (χ0v) is 11.2. The number of tetrazole rings is 1. The number of aromatic nitrogens is 6. The van der Waals surface area contributed by atoms with E-state index in [9.17, 15) is 0 Å². The maximum atomic E-state index is 5.45. The maximum absolute atomic E-state index is 5.45. The Morgan fingerprint density at radius 1 is 1.39 bits per heavy atom. The lowest BCUT2D eigenvalue weighted by Gasteiger charge is -2.10. The third-order valence-corrected chi connectivity index (χ3v) is 3.49. The molecule has 0 saturated carbocycles. The van der Waals surface area contributed by atoms with Crippen molar-refractivity contribution < 1.29 is 0 Å². The van der Waals surface area contributed by atoms with Crippen molar-refractivity contribution in [1.29, 1.82) is 0 Å². The summed E-state index contributed by atoms with van der Waals surface area (Å²) >= 11 is 1.39. The van der Waals surface area contributed by atoms with E-state index < -0.39 is 0 Å². The van der Waals surface area contributed by atoms with Crippen molar-refractivity contribution in [3.05, 3.63) is 11.4 Å². The van der Waals surface area contributed by atoms with E-state index in [1.54, 1.807) is 11.7 Å². The Morgan fingerprint density at radius 2 is 2.17 bits per heavy atom. The van der Waals surface area contributed by atoms with E-state index in [0.29, 0.717) is 11.0 Å². The van der Waals surface area contributed by atoms with Gasteiger partial charge in [0.25, 0.3) is 0 Å². The van der Waals surface area contributed by atoms with Crippen LogP contribution in [0.5, 0.6) is 0 Å². The number of anilines is 1. The van der Waals surface area contributed by atoms with Crippen LogP contribution in [0.15, 0.2) is 10.2 Å². The van der Waals surface area contributed by atoms with Gasteiger partial charge in [0.15, 0.2) is 0 Å². The molecule has 3 N–H and O–H groups in total. The first-order chi connectivity index (χ1) is 8.65. The van der Waals surface area contributed by atoms with Gasteiger partial charge in [0, 0.05) is 19.0 Å². The monoisotopic (exact) mass is 266 g/mol. The molecule has 0 bridgehead atoms. The van der Waals surface area contributed by atoms with Gasteiger partial charge in [-0.15, -0.1) is 5.10 Å². The highest BCUT2D eigenvalue weighted by Gasteiger charge is 2.13. The predicted molar refractivity (Wildman–Crippen MR) is 66.9 cm³/mol. The molecule has 9 heteroatoms. The highest BCUT2D eigenvalue weighted by atomic mass is 32.2. The summed E-state index contributed by atoms with van der Waals surface area (Å²) in [4.78, 5) is 8.77. The Bertz CT molecular complexity index is 551. The van der Waals surface area contributed by atoms with Gasteiger partial charge < -0.3 is 5.43 Å². The second-order valence-electron chi connectivity index (χ2n) is 3.60. The van der Waals surface area contributed by atoms with Crippen molar-refractivity contribution in [3.8, 4) is 0 Å². The van der Waals surface area contributed by atoms with Crippen LogP contribution in [0.1, 0.15) is 18.3 Å². The maximum Gasteiger partial charge on any atom is 0.215 e. The van der Waals surface area contributed by atoms with Gasteiger partial charge in [-0.1, -0.05) is 6.92 Å². The van der Waals surface area contributed by atoms with Gasteiger partial charge in [0.1, 0.15) is 16.7 Å². The summed E-state index contributed by atoms with van der Waals surface area (Å²) in [5, 5.41) is 12.8. The summed E-state index contributed by atoms with van der Waals surface area (Å²) in [7, 11) is 1.78. The molecule has 2 rings (SSSR count). The quantitative estimate of drug-likeness (QED) is 0.462. The molecule has 96 valence electrons. The van der Waals surface area contributed by atoms with Crippen LogP contribution in [-0.4, -0.2) is 30.2 Å². The van der Waals surface area contributed by atoms with E-state index in [1.165, 1.54) is 11.8 Å². The van der Waals surface area contributed by atoms with E-state index in [1.807, 2.05) is 13.8 Å². The normalized spacial score (nSPS) is 10.7. The fourth-order valence-electron chi connectivity index (χ4n) is 1.33. The van der Waals surface area contributed by atoms with E-state index in [4.69, 9.17) is 5.84 Å². The lowest BCUT2D eigenvalue weighted by Crippen LogP contribution is -2.13. The van der Waals surface area contributed by atoms with E-state index >= 15 is 0 Å². The highest BCUT2D eigenvalue weighted by Crippen LogP contribution is 2.29. The lowest BCUT2D eigenvalue weighted by atomic mass is 10.3. The largest absolute Gasteiger partial charge is 0.308 e. The van der Waals surface area contributed by atoms with Gasteiger partial charge in [-0.25, -0.2) is 20.5 Å². The number of hydrogen-bond acceptors (Lipinski definition) is 8. The number of hydrazine groups is 1. The molecule has 18 heavy (non-hydrogen) atoms. The standard InChI is InChI=1S/C9H14N8S/c1-4-6-11-7(13-10)5(2)8(12-6)18-9-14-15-16-17(9)3/h4,10H2,1-3H3,(H,11,12,13). The Balaban J connectivity index is 2.40. The van der Waals surface area contributed by atoms with Crippen LogP contribution in [0.25, 0.3) is 0 Å². The van der Waals surface area contributed by atoms with Crippen LogP contribution in [0.2, 0.25) is 0 Å². The third kappa shape index (κ3) is 2.41. The molecule has 2 aromatic rings. The number of nitrogens with one attached hydrogen (secondary N) is 1. The second kappa shape index (κ2) is 5.27. The minimum atomic E-state index is 0.625. The van der Waals surface area contributed by atoms with Crippen LogP contribution >= 0.6 is 11.8 Å². The minimum Gasteiger partial charge on any atom is -0.308 e. The Labute approximate surface area is 108 Å². The molecule has 0 amide bonds. The molecule has 0 radical (unpaired) electrons. The molecule has 0 spiro atoms. The molecule has 0 unspecified atom stereocenters. The fourth-order valence-corrected chi connectivity index (χ4v) is 2.15. The second-order valence-corrected chi connectivity index (χ2v) is 4.56. The summed E-state index contributed by atoms with van der Waals surface area (Å²) < 4.78 is 1.59. The summed E-state index contributed by atoms with van der Waals surface area (Å²) in [5.74, 6) is 6.80. The number of nitrogens with zero attached hydrogens (tertiary/aromatic N) is 6. The minimum absolute atomic E-state index is 0.625. The molecule has 0 aliphatic carbocycles.